The van der Waals surface area contributed by atoms with Crippen molar-refractivity contribution in [1.29, 1.82) is 0 Å². The van der Waals surface area contributed by atoms with Crippen molar-refractivity contribution in [1.82, 2.24) is 4.57 Å². The van der Waals surface area contributed by atoms with Crippen LogP contribution in [0.4, 0.5) is 8.78 Å². The zero-order valence-electron chi connectivity index (χ0n) is 13.8. The molecule has 0 spiro atoms. The zero-order chi connectivity index (χ0) is 17.7. The molecule has 0 amide bonds. The Morgan fingerprint density at radius 3 is 2.72 bits per heavy atom. The number of pyridine rings is 1. The molecular formula is C18H15F2INO2Y-. The molecule has 0 bridgehead atoms. The number of hydrogen-bond acceptors (Lipinski definition) is 2. The largest absolute Gasteiger partial charge is 0.481 e. The van der Waals surface area contributed by atoms with Crippen molar-refractivity contribution in [2.45, 2.75) is 26.8 Å². The monoisotopic (exact) mass is 531 g/mol. The molecule has 3 nitrogen and oxygen atoms in total. The summed E-state index contributed by atoms with van der Waals surface area (Å²) in [5.41, 5.74) is 1.37. The normalized spacial score (nSPS) is 10.0. The number of aryl methyl sites for hydroxylation is 1. The topological polar surface area (TPSA) is 31.2 Å². The maximum Gasteiger partial charge on any atom is 0.256 e. The summed E-state index contributed by atoms with van der Waals surface area (Å²) >= 11 is 1.82. The van der Waals surface area contributed by atoms with Gasteiger partial charge in [-0.15, -0.1) is 34.6 Å². The van der Waals surface area contributed by atoms with E-state index in [2.05, 4.69) is 17.9 Å². The Bertz CT molecular complexity index is 856. The molecule has 0 atom stereocenters. The van der Waals surface area contributed by atoms with E-state index < -0.39 is 18.5 Å². The molecule has 2 rings (SSSR count). The number of aromatic nitrogens is 1. The molecule has 0 saturated carbocycles. The molecule has 0 unspecified atom stereocenters. The van der Waals surface area contributed by atoms with Gasteiger partial charge in [-0.1, -0.05) is 29.7 Å². The fraction of sp³-hybridized carbons (Fsp3) is 0.278. The van der Waals surface area contributed by atoms with E-state index in [1.54, 1.807) is 25.1 Å². The van der Waals surface area contributed by atoms with Crippen molar-refractivity contribution in [2.24, 2.45) is 0 Å². The molecule has 1 heterocycles. The summed E-state index contributed by atoms with van der Waals surface area (Å²) in [6, 6.07) is 9.71. The fourth-order valence-electron chi connectivity index (χ4n) is 2.22. The van der Waals surface area contributed by atoms with Gasteiger partial charge in [0.2, 0.25) is 5.56 Å². The number of alkyl halides is 2. The van der Waals surface area contributed by atoms with E-state index >= 15 is 0 Å². The van der Waals surface area contributed by atoms with E-state index in [9.17, 15) is 13.6 Å². The predicted octanol–water partition coefficient (Wildman–Crippen LogP) is 3.89. The summed E-state index contributed by atoms with van der Waals surface area (Å²) in [6.45, 7) is 3.18. The van der Waals surface area contributed by atoms with Gasteiger partial charge in [-0.05, 0) is 22.6 Å². The van der Waals surface area contributed by atoms with Crippen LogP contribution in [0.1, 0.15) is 12.5 Å². The zero-order valence-corrected chi connectivity index (χ0v) is 18.8. The quantitative estimate of drug-likeness (QED) is 0.334. The van der Waals surface area contributed by atoms with Gasteiger partial charge in [-0.3, -0.25) is 4.79 Å². The molecule has 0 aliphatic carbocycles. The smallest absolute Gasteiger partial charge is 0.256 e. The third kappa shape index (κ3) is 5.87. The van der Waals surface area contributed by atoms with Crippen LogP contribution in [0.3, 0.4) is 0 Å². The van der Waals surface area contributed by atoms with Gasteiger partial charge in [0, 0.05) is 32.7 Å². The van der Waals surface area contributed by atoms with Gasteiger partial charge >= 0.3 is 0 Å². The Morgan fingerprint density at radius 1 is 1.40 bits per heavy atom. The fourth-order valence-corrected chi connectivity index (χ4v) is 2.67. The van der Waals surface area contributed by atoms with Crippen molar-refractivity contribution in [2.75, 3.05) is 6.61 Å². The second kappa shape index (κ2) is 10.4. The minimum Gasteiger partial charge on any atom is -0.481 e. The SMILES string of the molecule is CC#CCOc1ccc(-c2[c-]cc(I)c(=O)n2CC(F)F)c(C)c1.[Y]. The van der Waals surface area contributed by atoms with Gasteiger partial charge < -0.3 is 9.30 Å². The van der Waals surface area contributed by atoms with Gasteiger partial charge in [-0.2, -0.15) is 12.1 Å². The molecule has 129 valence electrons. The first-order valence-corrected chi connectivity index (χ1v) is 8.24. The van der Waals surface area contributed by atoms with Gasteiger partial charge in [0.15, 0.2) is 0 Å². The van der Waals surface area contributed by atoms with Crippen LogP contribution in [0, 0.1) is 28.4 Å². The minimum absolute atomic E-state index is 0. The van der Waals surface area contributed by atoms with Crippen molar-refractivity contribution < 1.29 is 46.2 Å². The summed E-state index contributed by atoms with van der Waals surface area (Å²) in [7, 11) is 0. The molecule has 0 N–H and O–H groups in total. The van der Waals surface area contributed by atoms with E-state index in [-0.39, 0.29) is 39.3 Å². The van der Waals surface area contributed by atoms with Gasteiger partial charge in [0.05, 0.1) is 6.54 Å². The standard InChI is InChI=1S/C18H15F2INO2.Y/c1-3-4-9-24-13-5-6-14(12(2)10-13)16-8-7-15(21)18(23)22(16)11-17(19)20;/h5-7,10,17H,9,11H2,1-2H3;/q-1;. The summed E-state index contributed by atoms with van der Waals surface area (Å²) in [6.07, 6.45) is -2.62. The number of benzene rings is 1. The number of nitrogens with zero attached hydrogens (tertiary/aromatic N) is 1. The molecule has 0 saturated heterocycles. The number of hydrogen-bond donors (Lipinski definition) is 0. The van der Waals surface area contributed by atoms with Gasteiger partial charge in [0.1, 0.15) is 12.4 Å². The van der Waals surface area contributed by atoms with Crippen LogP contribution in [0.25, 0.3) is 11.3 Å². The number of halogens is 3. The second-order valence-corrected chi connectivity index (χ2v) is 6.15. The molecule has 1 aromatic carbocycles. The third-order valence-corrected chi connectivity index (χ3v) is 4.09. The minimum atomic E-state index is -2.62. The molecule has 7 heteroatoms. The van der Waals surface area contributed by atoms with Crippen molar-refractivity contribution >= 4 is 22.6 Å². The Labute approximate surface area is 184 Å². The van der Waals surface area contributed by atoms with E-state index in [4.69, 9.17) is 4.74 Å². The van der Waals surface area contributed by atoms with Crippen LogP contribution in [0.5, 0.6) is 5.75 Å². The van der Waals surface area contributed by atoms with Crippen LogP contribution < -0.4 is 10.3 Å². The number of rotatable bonds is 5. The third-order valence-electron chi connectivity index (χ3n) is 3.32. The molecule has 25 heavy (non-hydrogen) atoms. The van der Waals surface area contributed by atoms with Crippen LogP contribution in [-0.4, -0.2) is 17.6 Å². The van der Waals surface area contributed by atoms with Crippen molar-refractivity contribution in [3.63, 3.8) is 0 Å². The maximum atomic E-state index is 12.9. The average Bonchev–Trinajstić information content (AvgIpc) is 2.53. The van der Waals surface area contributed by atoms with E-state index in [1.807, 2.05) is 29.5 Å². The van der Waals surface area contributed by atoms with Crippen molar-refractivity contribution in [3.05, 3.63) is 49.8 Å². The first-order valence-electron chi connectivity index (χ1n) is 7.16. The van der Waals surface area contributed by atoms with E-state index in [0.717, 1.165) is 10.1 Å². The molecule has 0 aliphatic rings. The van der Waals surface area contributed by atoms with Crippen LogP contribution >= 0.6 is 22.6 Å². The predicted molar refractivity (Wildman–Crippen MR) is 97.4 cm³/mol. The molecule has 0 fully saturated rings. The molecular weight excluding hydrogens is 516 g/mol. The van der Waals surface area contributed by atoms with Crippen molar-refractivity contribution in [3.8, 4) is 28.8 Å². The summed E-state index contributed by atoms with van der Waals surface area (Å²) in [5, 5.41) is 0. The Morgan fingerprint density at radius 2 is 2.12 bits per heavy atom. The second-order valence-electron chi connectivity index (χ2n) is 4.98. The summed E-state index contributed by atoms with van der Waals surface area (Å²) in [4.78, 5) is 12.2. The van der Waals surface area contributed by atoms with Gasteiger partial charge in [-0.25, -0.2) is 8.78 Å². The molecule has 1 aromatic heterocycles. The van der Waals surface area contributed by atoms with E-state index in [0.29, 0.717) is 20.6 Å². The van der Waals surface area contributed by atoms with Crippen LogP contribution in [0.2, 0.25) is 0 Å². The van der Waals surface area contributed by atoms with Crippen LogP contribution in [-0.2, 0) is 39.3 Å². The Hall–Kier alpha value is -0.776. The Kier molecular flexibility index (Phi) is 9.25. The first-order chi connectivity index (χ1) is 11.4. The molecule has 0 aliphatic heterocycles. The van der Waals surface area contributed by atoms with Gasteiger partial charge in [0.25, 0.3) is 6.43 Å². The molecule has 2 aromatic rings. The number of ether oxygens (including phenoxy) is 1. The summed E-state index contributed by atoms with van der Waals surface area (Å²) in [5.74, 6) is 6.17. The summed E-state index contributed by atoms with van der Waals surface area (Å²) < 4.78 is 32.6. The maximum absolute atomic E-state index is 12.9. The molecule has 1 radical (unpaired) electrons. The van der Waals surface area contributed by atoms with Crippen LogP contribution in [0.15, 0.2) is 29.1 Å². The average molecular weight is 531 g/mol. The first kappa shape index (κ1) is 22.3. The Balaban J connectivity index is 0.00000312. The van der Waals surface area contributed by atoms with E-state index in [1.165, 1.54) is 6.07 Å².